The molecule has 4 rings (SSSR count). The molecule has 2 amide bonds. The van der Waals surface area contributed by atoms with Crippen LogP contribution in [0, 0.1) is 11.8 Å². The van der Waals surface area contributed by atoms with E-state index >= 15 is 0 Å². The van der Waals surface area contributed by atoms with E-state index in [-0.39, 0.29) is 18.4 Å². The molecule has 2 saturated heterocycles. The monoisotopic (exact) mass is 460 g/mol. The third kappa shape index (κ3) is 4.35. The van der Waals surface area contributed by atoms with E-state index in [1.165, 1.54) is 0 Å². The molecule has 0 radical (unpaired) electrons. The Balaban J connectivity index is 1.72. The second-order valence-electron chi connectivity index (χ2n) is 9.44. The maximum atomic E-state index is 13.8. The lowest BCUT2D eigenvalue weighted by atomic mass is 9.78. The molecule has 0 aliphatic carbocycles. The molecule has 0 bridgehead atoms. The molecular weight excluding hydrogens is 424 g/mol. The second kappa shape index (κ2) is 10.4. The molecule has 2 unspecified atom stereocenters. The Labute approximate surface area is 195 Å². The predicted octanol–water partition coefficient (Wildman–Crippen LogP) is 1.82. The predicted molar refractivity (Wildman–Crippen MR) is 121 cm³/mol. The number of carbonyl (C=O) groups is 3. The van der Waals surface area contributed by atoms with E-state index < -0.39 is 35.6 Å². The van der Waals surface area contributed by atoms with E-state index in [0.29, 0.717) is 39.1 Å². The van der Waals surface area contributed by atoms with Crippen LogP contribution in [-0.4, -0.2) is 83.3 Å². The number of likely N-dealkylation sites (tertiary alicyclic amines) is 1. The van der Waals surface area contributed by atoms with E-state index in [2.05, 4.69) is 6.92 Å². The molecule has 4 aliphatic rings. The number of aliphatic hydroxyl groups excluding tert-OH is 1. The molecule has 4 heterocycles. The highest BCUT2D eigenvalue weighted by atomic mass is 16.6. The minimum atomic E-state index is -1.18. The van der Waals surface area contributed by atoms with E-state index in [1.54, 1.807) is 9.80 Å². The zero-order chi connectivity index (χ0) is 23.4. The third-order valence-electron chi connectivity index (χ3n) is 7.27. The van der Waals surface area contributed by atoms with Crippen molar-refractivity contribution in [2.45, 2.75) is 69.6 Å². The normalized spacial score (nSPS) is 34.7. The smallest absolute Gasteiger partial charge is 0.312 e. The Morgan fingerprint density at radius 2 is 1.94 bits per heavy atom. The Hall–Kier alpha value is -2.19. The van der Waals surface area contributed by atoms with E-state index in [0.717, 1.165) is 32.1 Å². The highest BCUT2D eigenvalue weighted by Gasteiger charge is 2.71. The first kappa shape index (κ1) is 24.0. The average Bonchev–Trinajstić information content (AvgIpc) is 3.21. The van der Waals surface area contributed by atoms with Crippen molar-refractivity contribution in [3.8, 4) is 0 Å². The summed E-state index contributed by atoms with van der Waals surface area (Å²) in [6, 6.07) is -0.795. The molecule has 1 spiro atoms. The van der Waals surface area contributed by atoms with Gasteiger partial charge in [-0.15, -0.1) is 0 Å². The Morgan fingerprint density at radius 3 is 2.73 bits per heavy atom. The summed E-state index contributed by atoms with van der Waals surface area (Å²) in [5.41, 5.74) is -1.18. The molecule has 182 valence electrons. The summed E-state index contributed by atoms with van der Waals surface area (Å²) >= 11 is 0. The number of aliphatic hydroxyl groups is 1. The van der Waals surface area contributed by atoms with Crippen LogP contribution in [0.1, 0.15) is 51.9 Å². The quantitative estimate of drug-likeness (QED) is 0.337. The number of allylic oxidation sites excluding steroid dienone is 1. The number of amides is 2. The van der Waals surface area contributed by atoms with Crippen molar-refractivity contribution in [1.29, 1.82) is 0 Å². The van der Waals surface area contributed by atoms with Crippen molar-refractivity contribution < 1.29 is 29.0 Å². The lowest BCUT2D eigenvalue weighted by Gasteiger charge is -2.35. The number of unbranched alkanes of at least 4 members (excludes halogenated alkanes) is 3. The Kier molecular flexibility index (Phi) is 7.54. The summed E-state index contributed by atoms with van der Waals surface area (Å²) in [7, 11) is 0. The van der Waals surface area contributed by atoms with Gasteiger partial charge in [0.15, 0.2) is 0 Å². The molecule has 0 aromatic heterocycles. The zero-order valence-electron chi connectivity index (χ0n) is 19.5. The zero-order valence-corrected chi connectivity index (χ0v) is 19.5. The SMILES string of the molecule is CCCCN1CC=CC23O[C@@H]4/C=C\CCCOC(=O)C4[C@H]2C(=O)N(CCCCCO)[C@@H]3C1=O. The number of carbonyl (C=O) groups excluding carboxylic acids is 3. The van der Waals surface area contributed by atoms with Crippen molar-refractivity contribution in [3.05, 3.63) is 24.3 Å². The van der Waals surface area contributed by atoms with E-state index in [9.17, 15) is 14.4 Å². The number of ether oxygens (including phenoxy) is 2. The van der Waals surface area contributed by atoms with Crippen LogP contribution in [-0.2, 0) is 23.9 Å². The first-order valence-corrected chi connectivity index (χ1v) is 12.4. The molecule has 2 fully saturated rings. The first-order valence-electron chi connectivity index (χ1n) is 12.4. The first-order chi connectivity index (χ1) is 16.0. The van der Waals surface area contributed by atoms with Gasteiger partial charge in [0.25, 0.3) is 0 Å². The fourth-order valence-corrected chi connectivity index (χ4v) is 5.66. The summed E-state index contributed by atoms with van der Waals surface area (Å²) in [4.78, 5) is 44.2. The van der Waals surface area contributed by atoms with Gasteiger partial charge in [0.1, 0.15) is 17.6 Å². The van der Waals surface area contributed by atoms with Crippen LogP contribution in [0.3, 0.4) is 0 Å². The summed E-state index contributed by atoms with van der Waals surface area (Å²) in [6.07, 6.45) is 12.5. The number of fused-ring (bicyclic) bond motifs is 2. The number of hydrogen-bond donors (Lipinski definition) is 1. The van der Waals surface area contributed by atoms with Crippen LogP contribution in [0.15, 0.2) is 24.3 Å². The number of nitrogens with zero attached hydrogens (tertiary/aromatic N) is 2. The number of hydrogen-bond acceptors (Lipinski definition) is 6. The molecule has 8 nitrogen and oxygen atoms in total. The summed E-state index contributed by atoms with van der Waals surface area (Å²) in [5, 5.41) is 9.13. The topological polar surface area (TPSA) is 96.4 Å². The van der Waals surface area contributed by atoms with Crippen LogP contribution in [0.4, 0.5) is 0 Å². The van der Waals surface area contributed by atoms with Crippen molar-refractivity contribution in [1.82, 2.24) is 9.80 Å². The van der Waals surface area contributed by atoms with E-state index in [1.807, 2.05) is 24.3 Å². The molecule has 0 aromatic carbocycles. The van der Waals surface area contributed by atoms with Gasteiger partial charge < -0.3 is 24.4 Å². The maximum Gasteiger partial charge on any atom is 0.312 e. The Morgan fingerprint density at radius 1 is 1.09 bits per heavy atom. The molecule has 4 aliphatic heterocycles. The molecular formula is C25H36N2O6. The van der Waals surface area contributed by atoms with Crippen LogP contribution >= 0.6 is 0 Å². The van der Waals surface area contributed by atoms with Crippen molar-refractivity contribution in [2.24, 2.45) is 11.8 Å². The maximum absolute atomic E-state index is 13.8. The van der Waals surface area contributed by atoms with Gasteiger partial charge in [0.05, 0.1) is 18.6 Å². The van der Waals surface area contributed by atoms with Gasteiger partial charge in [-0.25, -0.2) is 0 Å². The summed E-state index contributed by atoms with van der Waals surface area (Å²) in [5.74, 6) is -2.30. The second-order valence-corrected chi connectivity index (χ2v) is 9.44. The van der Waals surface area contributed by atoms with Gasteiger partial charge in [-0.05, 0) is 38.5 Å². The standard InChI is InChI=1S/C25H36N2O6/c1-2-3-13-26-14-10-12-25-20(19-18(33-25)11-6-4-9-17-32-24(19)31)22(29)27(21(25)23(26)30)15-7-5-8-16-28/h6,10-12,18-21,28H,2-5,7-9,13-17H2,1H3/b11-6-/t18-,19?,20+,21-,25?/m1/s1. The van der Waals surface area contributed by atoms with Gasteiger partial charge in [0.2, 0.25) is 11.8 Å². The number of cyclic esters (lactones) is 1. The van der Waals surface area contributed by atoms with Gasteiger partial charge in [0, 0.05) is 26.2 Å². The minimum Gasteiger partial charge on any atom is -0.465 e. The largest absolute Gasteiger partial charge is 0.465 e. The van der Waals surface area contributed by atoms with Crippen LogP contribution in [0.25, 0.3) is 0 Å². The molecule has 1 N–H and O–H groups in total. The highest BCUT2D eigenvalue weighted by Crippen LogP contribution is 2.53. The summed E-state index contributed by atoms with van der Waals surface area (Å²) < 4.78 is 12.1. The molecule has 8 heteroatoms. The lowest BCUT2D eigenvalue weighted by molar-refractivity contribution is -0.154. The number of rotatable bonds is 8. The van der Waals surface area contributed by atoms with Gasteiger partial charge >= 0.3 is 5.97 Å². The minimum absolute atomic E-state index is 0.0987. The molecule has 33 heavy (non-hydrogen) atoms. The molecule has 5 atom stereocenters. The molecule has 0 aromatic rings. The van der Waals surface area contributed by atoms with Crippen LogP contribution < -0.4 is 0 Å². The van der Waals surface area contributed by atoms with Gasteiger partial charge in [-0.1, -0.05) is 37.6 Å². The Bertz CT molecular complexity index is 811. The molecule has 0 saturated carbocycles. The highest BCUT2D eigenvalue weighted by molar-refractivity contribution is 5.99. The van der Waals surface area contributed by atoms with Crippen molar-refractivity contribution in [2.75, 3.05) is 32.8 Å². The van der Waals surface area contributed by atoms with Crippen LogP contribution in [0.5, 0.6) is 0 Å². The van der Waals surface area contributed by atoms with Crippen molar-refractivity contribution >= 4 is 17.8 Å². The van der Waals surface area contributed by atoms with Crippen LogP contribution in [0.2, 0.25) is 0 Å². The fraction of sp³-hybridized carbons (Fsp3) is 0.720. The summed E-state index contributed by atoms with van der Waals surface area (Å²) in [6.45, 7) is 3.98. The fourth-order valence-electron chi connectivity index (χ4n) is 5.66. The lowest BCUT2D eigenvalue weighted by Crippen LogP contribution is -2.55. The average molecular weight is 461 g/mol. The van der Waals surface area contributed by atoms with E-state index in [4.69, 9.17) is 14.6 Å². The van der Waals surface area contributed by atoms with Gasteiger partial charge in [-0.2, -0.15) is 0 Å². The van der Waals surface area contributed by atoms with Gasteiger partial charge in [-0.3, -0.25) is 14.4 Å². The number of esters is 1. The third-order valence-corrected chi connectivity index (χ3v) is 7.27. The van der Waals surface area contributed by atoms with Crippen molar-refractivity contribution in [3.63, 3.8) is 0 Å².